The molecule has 0 N–H and O–H groups in total. The fourth-order valence-electron chi connectivity index (χ4n) is 3.40. The van der Waals surface area contributed by atoms with Gasteiger partial charge in [-0.2, -0.15) is 5.26 Å². The Bertz CT molecular complexity index is 829. The second-order valence-corrected chi connectivity index (χ2v) is 7.29. The maximum absolute atomic E-state index is 12.4. The molecule has 1 aliphatic heterocycles. The van der Waals surface area contributed by atoms with Crippen molar-refractivity contribution in [2.45, 2.75) is 38.9 Å². The van der Waals surface area contributed by atoms with Crippen LogP contribution < -0.4 is 4.90 Å². The van der Waals surface area contributed by atoms with E-state index in [9.17, 15) is 4.79 Å². The molecule has 5 heteroatoms. The second kappa shape index (κ2) is 7.80. The first-order valence-corrected chi connectivity index (χ1v) is 9.17. The zero-order chi connectivity index (χ0) is 18.7. The number of carbonyl (C=O) groups excluding carboxylic acids is 1. The number of benzene rings is 2. The summed E-state index contributed by atoms with van der Waals surface area (Å²) in [6, 6.07) is 18.0. The van der Waals surface area contributed by atoms with Gasteiger partial charge in [-0.25, -0.2) is 0 Å². The van der Waals surface area contributed by atoms with E-state index in [1.165, 1.54) is 5.56 Å². The average molecular weight is 368 g/mol. The van der Waals surface area contributed by atoms with Crippen LogP contribution in [0.1, 0.15) is 31.4 Å². The largest absolute Gasteiger partial charge is 0.362 e. The molecule has 0 spiro atoms. The van der Waals surface area contributed by atoms with Crippen molar-refractivity contribution in [3.05, 3.63) is 64.7 Å². The van der Waals surface area contributed by atoms with Crippen molar-refractivity contribution in [2.75, 3.05) is 11.4 Å². The third-order valence-corrected chi connectivity index (χ3v) is 5.12. The van der Waals surface area contributed by atoms with E-state index >= 15 is 0 Å². The number of rotatable bonds is 5. The average Bonchev–Trinajstić information content (AvgIpc) is 3.02. The number of likely N-dealkylation sites (tertiary alicyclic amines) is 1. The maximum Gasteiger partial charge on any atom is 0.225 e. The smallest absolute Gasteiger partial charge is 0.225 e. The molecular formula is C21H22ClN3O. The van der Waals surface area contributed by atoms with E-state index in [-0.39, 0.29) is 18.0 Å². The summed E-state index contributed by atoms with van der Waals surface area (Å²) in [4.78, 5) is 16.6. The number of carbonyl (C=O) groups is 1. The lowest BCUT2D eigenvalue weighted by Gasteiger charge is -2.32. The van der Waals surface area contributed by atoms with Crippen molar-refractivity contribution in [2.24, 2.45) is 0 Å². The van der Waals surface area contributed by atoms with E-state index in [0.717, 1.165) is 5.69 Å². The van der Waals surface area contributed by atoms with E-state index in [1.807, 2.05) is 49.1 Å². The van der Waals surface area contributed by atoms with Crippen LogP contribution in [-0.4, -0.2) is 29.4 Å². The van der Waals surface area contributed by atoms with E-state index in [0.29, 0.717) is 30.1 Å². The Balaban J connectivity index is 1.93. The zero-order valence-corrected chi connectivity index (χ0v) is 15.8. The van der Waals surface area contributed by atoms with Crippen molar-refractivity contribution in [3.63, 3.8) is 0 Å². The number of nitriles is 1. The minimum atomic E-state index is 0.0779. The molecule has 1 fully saturated rings. The molecule has 0 bridgehead atoms. The van der Waals surface area contributed by atoms with E-state index in [1.54, 1.807) is 6.07 Å². The van der Waals surface area contributed by atoms with E-state index in [2.05, 4.69) is 23.1 Å². The summed E-state index contributed by atoms with van der Waals surface area (Å²) in [6.07, 6.45) is 0.489. The summed E-state index contributed by atoms with van der Waals surface area (Å²) in [5, 5.41) is 9.56. The molecule has 1 amide bonds. The molecule has 2 aromatic carbocycles. The highest BCUT2D eigenvalue weighted by Crippen LogP contribution is 2.30. The monoisotopic (exact) mass is 367 g/mol. The molecule has 1 heterocycles. The first-order chi connectivity index (χ1) is 12.5. The molecule has 0 radical (unpaired) electrons. The lowest BCUT2D eigenvalue weighted by Crippen LogP contribution is -2.39. The molecule has 2 aromatic rings. The Hall–Kier alpha value is -2.51. The number of anilines is 1. The van der Waals surface area contributed by atoms with Gasteiger partial charge < -0.3 is 9.80 Å². The molecule has 1 aliphatic rings. The first kappa shape index (κ1) is 18.3. The van der Waals surface area contributed by atoms with Gasteiger partial charge >= 0.3 is 0 Å². The van der Waals surface area contributed by atoms with Crippen LogP contribution in [0.25, 0.3) is 0 Å². The predicted octanol–water partition coefficient (Wildman–Crippen LogP) is 4.23. The number of hydrogen-bond donors (Lipinski definition) is 0. The highest BCUT2D eigenvalue weighted by atomic mass is 35.5. The minimum absolute atomic E-state index is 0.0779. The van der Waals surface area contributed by atoms with Crippen LogP contribution in [0.5, 0.6) is 0 Å². The number of halogens is 1. The van der Waals surface area contributed by atoms with E-state index in [4.69, 9.17) is 16.9 Å². The van der Waals surface area contributed by atoms with Crippen LogP contribution in [0.2, 0.25) is 5.02 Å². The quantitative estimate of drug-likeness (QED) is 0.794. The van der Waals surface area contributed by atoms with Crippen LogP contribution in [0.4, 0.5) is 5.69 Å². The van der Waals surface area contributed by atoms with Crippen molar-refractivity contribution < 1.29 is 4.79 Å². The Labute approximate surface area is 159 Å². The first-order valence-electron chi connectivity index (χ1n) is 8.79. The molecule has 1 saturated heterocycles. The molecule has 0 aliphatic carbocycles. The normalized spacial score (nSPS) is 16.8. The van der Waals surface area contributed by atoms with Crippen molar-refractivity contribution >= 4 is 23.2 Å². The Morgan fingerprint density at radius 2 is 2.00 bits per heavy atom. The standard InChI is InChI=1S/C21H22ClN3O/c1-15(2)24-14-19(11-21(24)26)25(13-16-6-4-3-5-7-16)18-9-8-17(12-23)20(22)10-18/h3-10,15,19H,11,13-14H2,1-2H3/t19-/m0/s1. The summed E-state index contributed by atoms with van der Waals surface area (Å²) < 4.78 is 0. The number of hydrogen-bond acceptors (Lipinski definition) is 3. The fourth-order valence-corrected chi connectivity index (χ4v) is 3.62. The molecule has 3 rings (SSSR count). The second-order valence-electron chi connectivity index (χ2n) is 6.89. The van der Waals surface area contributed by atoms with E-state index < -0.39 is 0 Å². The summed E-state index contributed by atoms with van der Waals surface area (Å²) in [6.45, 7) is 5.47. The van der Waals surface area contributed by atoms with Gasteiger partial charge in [0, 0.05) is 31.2 Å². The highest BCUT2D eigenvalue weighted by Gasteiger charge is 2.35. The van der Waals surface area contributed by atoms with Crippen LogP contribution in [0.15, 0.2) is 48.5 Å². The van der Waals surface area contributed by atoms with Gasteiger partial charge in [0.2, 0.25) is 5.91 Å². The molecule has 134 valence electrons. The lowest BCUT2D eigenvalue weighted by atomic mass is 10.1. The van der Waals surface area contributed by atoms with Gasteiger partial charge in [-0.1, -0.05) is 41.9 Å². The molecular weight excluding hydrogens is 346 g/mol. The third-order valence-electron chi connectivity index (χ3n) is 4.80. The molecule has 0 saturated carbocycles. The van der Waals surface area contributed by atoms with Gasteiger partial charge in [-0.15, -0.1) is 0 Å². The summed E-state index contributed by atoms with van der Waals surface area (Å²) in [7, 11) is 0. The Morgan fingerprint density at radius 1 is 1.27 bits per heavy atom. The van der Waals surface area contributed by atoms with Crippen molar-refractivity contribution in [1.29, 1.82) is 5.26 Å². The molecule has 4 nitrogen and oxygen atoms in total. The van der Waals surface area contributed by atoms with Crippen LogP contribution in [0.3, 0.4) is 0 Å². The van der Waals surface area contributed by atoms with Crippen LogP contribution >= 0.6 is 11.6 Å². The van der Waals surface area contributed by atoms with Crippen LogP contribution in [0, 0.1) is 11.3 Å². The highest BCUT2D eigenvalue weighted by molar-refractivity contribution is 6.32. The molecule has 1 atom stereocenters. The summed E-state index contributed by atoms with van der Waals surface area (Å²) in [5.74, 6) is 0.183. The van der Waals surface area contributed by atoms with Gasteiger partial charge in [-0.3, -0.25) is 4.79 Å². The van der Waals surface area contributed by atoms with Gasteiger partial charge in [-0.05, 0) is 37.6 Å². The minimum Gasteiger partial charge on any atom is -0.362 e. The van der Waals surface area contributed by atoms with Gasteiger partial charge in [0.05, 0.1) is 16.6 Å². The summed E-state index contributed by atoms with van der Waals surface area (Å²) >= 11 is 6.26. The molecule has 26 heavy (non-hydrogen) atoms. The van der Waals surface area contributed by atoms with Gasteiger partial charge in [0.1, 0.15) is 6.07 Å². The van der Waals surface area contributed by atoms with Gasteiger partial charge in [0.15, 0.2) is 0 Å². The predicted molar refractivity (Wildman–Crippen MR) is 104 cm³/mol. The maximum atomic E-state index is 12.4. The van der Waals surface area contributed by atoms with Crippen molar-refractivity contribution in [1.82, 2.24) is 4.90 Å². The number of amides is 1. The third kappa shape index (κ3) is 3.84. The van der Waals surface area contributed by atoms with Gasteiger partial charge in [0.25, 0.3) is 0 Å². The Kier molecular flexibility index (Phi) is 5.49. The number of nitrogens with zero attached hydrogens (tertiary/aromatic N) is 3. The Morgan fingerprint density at radius 3 is 2.58 bits per heavy atom. The van der Waals surface area contributed by atoms with Crippen molar-refractivity contribution in [3.8, 4) is 6.07 Å². The fraction of sp³-hybridized carbons (Fsp3) is 0.333. The summed E-state index contributed by atoms with van der Waals surface area (Å²) in [5.41, 5.74) is 2.56. The molecule has 0 aromatic heterocycles. The SMILES string of the molecule is CC(C)N1C[C@@H](N(Cc2ccccc2)c2ccc(C#N)c(Cl)c2)CC1=O. The lowest BCUT2D eigenvalue weighted by molar-refractivity contribution is -0.129. The molecule has 0 unspecified atom stereocenters. The zero-order valence-electron chi connectivity index (χ0n) is 15.0. The topological polar surface area (TPSA) is 47.3 Å². The van der Waals surface area contributed by atoms with Crippen LogP contribution in [-0.2, 0) is 11.3 Å².